The van der Waals surface area contributed by atoms with E-state index in [-0.39, 0.29) is 11.4 Å². The van der Waals surface area contributed by atoms with Crippen LogP contribution >= 0.6 is 0 Å². The molecule has 1 amide bonds. The van der Waals surface area contributed by atoms with Crippen LogP contribution in [0.2, 0.25) is 0 Å². The molecule has 1 spiro atoms. The van der Waals surface area contributed by atoms with E-state index >= 15 is 0 Å². The van der Waals surface area contributed by atoms with Crippen molar-refractivity contribution < 1.29 is 4.79 Å². The molecule has 0 atom stereocenters. The van der Waals surface area contributed by atoms with Crippen LogP contribution in [0.3, 0.4) is 0 Å². The van der Waals surface area contributed by atoms with E-state index in [0.717, 1.165) is 6.42 Å². The van der Waals surface area contributed by atoms with Gasteiger partial charge >= 0.3 is 0 Å². The highest BCUT2D eigenvalue weighted by molar-refractivity contribution is 5.76. The number of carbonyl (C=O) groups excluding carboxylic acids is 1. The third-order valence-electron chi connectivity index (χ3n) is 3.36. The number of rotatable bonds is 0. The Labute approximate surface area is 79.2 Å². The van der Waals surface area contributed by atoms with E-state index in [0.29, 0.717) is 6.42 Å². The third-order valence-corrected chi connectivity index (χ3v) is 3.36. The summed E-state index contributed by atoms with van der Waals surface area (Å²) < 4.78 is 0. The Morgan fingerprint density at radius 2 is 1.69 bits per heavy atom. The quantitative estimate of drug-likeness (QED) is 0.596. The molecule has 0 aromatic carbocycles. The predicted molar refractivity (Wildman–Crippen MR) is 50.9 cm³/mol. The first kappa shape index (κ1) is 9.00. The number of amides is 1. The van der Waals surface area contributed by atoms with Crippen LogP contribution in [0.5, 0.6) is 0 Å². The molecule has 2 rings (SSSR count). The van der Waals surface area contributed by atoms with Crippen LogP contribution in [0.1, 0.15) is 51.4 Å². The number of hydrogen-bond acceptors (Lipinski definition) is 2. The molecule has 3 nitrogen and oxygen atoms in total. The maximum atomic E-state index is 11.0. The highest BCUT2D eigenvalue weighted by Crippen LogP contribution is 2.31. The van der Waals surface area contributed by atoms with Gasteiger partial charge in [0, 0.05) is 12.0 Å². The van der Waals surface area contributed by atoms with Gasteiger partial charge in [-0.15, -0.1) is 0 Å². The van der Waals surface area contributed by atoms with Crippen LogP contribution in [0.25, 0.3) is 0 Å². The fourth-order valence-corrected chi connectivity index (χ4v) is 2.46. The first-order valence-electron chi connectivity index (χ1n) is 5.37. The molecule has 0 bridgehead atoms. The van der Waals surface area contributed by atoms with Crippen LogP contribution in [-0.2, 0) is 4.79 Å². The van der Waals surface area contributed by atoms with Gasteiger partial charge in [0.25, 0.3) is 0 Å². The van der Waals surface area contributed by atoms with E-state index in [1.807, 2.05) is 0 Å². The van der Waals surface area contributed by atoms with Crippen LogP contribution in [0.4, 0.5) is 0 Å². The summed E-state index contributed by atoms with van der Waals surface area (Å²) in [6.45, 7) is 0. The Bertz CT molecular complexity index is 183. The average molecular weight is 182 g/mol. The number of hydrazine groups is 1. The maximum Gasteiger partial charge on any atom is 0.234 e. The standard InChI is InChI=1S/C10H18N2O/c13-9-5-8-10(12-11-9)6-3-1-2-4-7-10/h12H,1-8H2,(H,11,13). The molecule has 0 radical (unpaired) electrons. The van der Waals surface area contributed by atoms with Crippen molar-refractivity contribution in [1.29, 1.82) is 0 Å². The molecule has 2 fully saturated rings. The SMILES string of the molecule is O=C1CCC2(CCCCCC2)NN1. The lowest BCUT2D eigenvalue weighted by Gasteiger charge is -2.37. The molecule has 0 aromatic heterocycles. The van der Waals surface area contributed by atoms with Crippen LogP contribution < -0.4 is 10.9 Å². The van der Waals surface area contributed by atoms with Crippen molar-refractivity contribution in [3.63, 3.8) is 0 Å². The predicted octanol–water partition coefficient (Wildman–Crippen LogP) is 1.49. The molecule has 1 saturated carbocycles. The lowest BCUT2D eigenvalue weighted by Crippen LogP contribution is -2.58. The monoisotopic (exact) mass is 182 g/mol. The van der Waals surface area contributed by atoms with Crippen molar-refractivity contribution in [2.45, 2.75) is 56.9 Å². The molecule has 1 saturated heterocycles. The Balaban J connectivity index is 1.97. The lowest BCUT2D eigenvalue weighted by atomic mass is 9.85. The summed E-state index contributed by atoms with van der Waals surface area (Å²) in [5.41, 5.74) is 6.25. The van der Waals surface area contributed by atoms with Gasteiger partial charge < -0.3 is 0 Å². The summed E-state index contributed by atoms with van der Waals surface area (Å²) in [6, 6.07) is 0. The van der Waals surface area contributed by atoms with Crippen molar-refractivity contribution in [3.8, 4) is 0 Å². The molecule has 13 heavy (non-hydrogen) atoms. The fraction of sp³-hybridized carbons (Fsp3) is 0.900. The summed E-state index contributed by atoms with van der Waals surface area (Å²) >= 11 is 0. The second-order valence-corrected chi connectivity index (χ2v) is 4.37. The van der Waals surface area contributed by atoms with Gasteiger partial charge in [-0.1, -0.05) is 25.7 Å². The first-order valence-corrected chi connectivity index (χ1v) is 5.37. The zero-order valence-electron chi connectivity index (χ0n) is 8.07. The minimum absolute atomic E-state index is 0.148. The molecule has 2 N–H and O–H groups in total. The summed E-state index contributed by atoms with van der Waals surface area (Å²) in [4.78, 5) is 11.0. The van der Waals surface area contributed by atoms with Gasteiger partial charge in [0.15, 0.2) is 0 Å². The van der Waals surface area contributed by atoms with E-state index in [1.54, 1.807) is 0 Å². The number of hydrogen-bond donors (Lipinski definition) is 2. The Kier molecular flexibility index (Phi) is 2.54. The minimum Gasteiger partial charge on any atom is -0.291 e. The van der Waals surface area contributed by atoms with Crippen molar-refractivity contribution in [2.75, 3.05) is 0 Å². The molecular weight excluding hydrogens is 164 g/mol. The van der Waals surface area contributed by atoms with Gasteiger partial charge in [-0.25, -0.2) is 5.43 Å². The van der Waals surface area contributed by atoms with Gasteiger partial charge in [0.1, 0.15) is 0 Å². The zero-order valence-corrected chi connectivity index (χ0v) is 8.07. The molecule has 0 aromatic rings. The van der Waals surface area contributed by atoms with Crippen molar-refractivity contribution in [3.05, 3.63) is 0 Å². The van der Waals surface area contributed by atoms with Crippen molar-refractivity contribution in [2.24, 2.45) is 0 Å². The Morgan fingerprint density at radius 1 is 1.00 bits per heavy atom. The lowest BCUT2D eigenvalue weighted by molar-refractivity contribution is -0.125. The van der Waals surface area contributed by atoms with Crippen LogP contribution in [0.15, 0.2) is 0 Å². The second-order valence-electron chi connectivity index (χ2n) is 4.37. The smallest absolute Gasteiger partial charge is 0.234 e. The molecule has 0 unspecified atom stereocenters. The maximum absolute atomic E-state index is 11.0. The van der Waals surface area contributed by atoms with Gasteiger partial charge in [0.05, 0.1) is 0 Å². The highest BCUT2D eigenvalue weighted by Gasteiger charge is 2.34. The van der Waals surface area contributed by atoms with E-state index in [2.05, 4.69) is 10.9 Å². The second kappa shape index (κ2) is 3.66. The number of carbonyl (C=O) groups is 1. The van der Waals surface area contributed by atoms with Gasteiger partial charge in [-0.2, -0.15) is 0 Å². The summed E-state index contributed by atoms with van der Waals surface area (Å²) in [5, 5.41) is 0. The average Bonchev–Trinajstić information content (AvgIpc) is 2.37. The van der Waals surface area contributed by atoms with Crippen molar-refractivity contribution >= 4 is 5.91 Å². The zero-order chi connectivity index (χ0) is 9.15. The number of nitrogens with one attached hydrogen (secondary N) is 2. The highest BCUT2D eigenvalue weighted by atomic mass is 16.2. The van der Waals surface area contributed by atoms with Crippen LogP contribution in [0, 0.1) is 0 Å². The minimum atomic E-state index is 0.148. The summed E-state index contributed by atoms with van der Waals surface area (Å²) in [6.07, 6.45) is 9.52. The third kappa shape index (κ3) is 2.02. The Morgan fingerprint density at radius 3 is 2.23 bits per heavy atom. The molecule has 3 heteroatoms. The summed E-state index contributed by atoms with van der Waals surface area (Å²) in [5.74, 6) is 0.148. The fourth-order valence-electron chi connectivity index (χ4n) is 2.46. The topological polar surface area (TPSA) is 41.1 Å². The van der Waals surface area contributed by atoms with E-state index in [9.17, 15) is 4.79 Å². The van der Waals surface area contributed by atoms with Crippen LogP contribution in [-0.4, -0.2) is 11.4 Å². The molecule has 1 aliphatic carbocycles. The molecular formula is C10H18N2O. The van der Waals surface area contributed by atoms with Crippen molar-refractivity contribution in [1.82, 2.24) is 10.9 Å². The molecule has 74 valence electrons. The van der Waals surface area contributed by atoms with Gasteiger partial charge in [0.2, 0.25) is 5.91 Å². The van der Waals surface area contributed by atoms with E-state index < -0.39 is 0 Å². The molecule has 1 aliphatic heterocycles. The molecule has 2 aliphatic rings. The van der Waals surface area contributed by atoms with Gasteiger partial charge in [-0.3, -0.25) is 10.2 Å². The normalized spacial score (nSPS) is 28.2. The molecule has 1 heterocycles. The largest absolute Gasteiger partial charge is 0.291 e. The van der Waals surface area contributed by atoms with E-state index in [4.69, 9.17) is 0 Å². The Hall–Kier alpha value is -0.570. The summed E-state index contributed by atoms with van der Waals surface area (Å²) in [7, 11) is 0. The first-order chi connectivity index (χ1) is 6.31. The van der Waals surface area contributed by atoms with E-state index in [1.165, 1.54) is 38.5 Å². The van der Waals surface area contributed by atoms with Gasteiger partial charge in [-0.05, 0) is 19.3 Å².